The molecule has 0 amide bonds. The average Bonchev–Trinajstić information content (AvgIpc) is 2.98. The van der Waals surface area contributed by atoms with Crippen LogP contribution in [0.4, 0.5) is 5.95 Å². The fourth-order valence-electron chi connectivity index (χ4n) is 2.01. The molecule has 0 saturated carbocycles. The lowest BCUT2D eigenvalue weighted by atomic mass is 10.2. The summed E-state index contributed by atoms with van der Waals surface area (Å²) in [4.78, 5) is 1.05. The van der Waals surface area contributed by atoms with E-state index >= 15 is 0 Å². The van der Waals surface area contributed by atoms with Crippen molar-refractivity contribution < 1.29 is 4.74 Å². The largest absolute Gasteiger partial charge is 0.487 e. The molecule has 0 radical (unpaired) electrons. The van der Waals surface area contributed by atoms with Crippen LogP contribution in [0.1, 0.15) is 11.1 Å². The molecule has 11 heteroatoms. The Morgan fingerprint density at radius 3 is 2.54 bits per heavy atom. The molecule has 3 rings (SSSR count). The topological polar surface area (TPSA) is 91.2 Å². The molecular weight excluding hydrogens is 422 g/mol. The number of tetrazole rings is 1. The highest BCUT2D eigenvalue weighted by molar-refractivity contribution is 6.36. The van der Waals surface area contributed by atoms with E-state index in [2.05, 4.69) is 20.6 Å². The van der Waals surface area contributed by atoms with Gasteiger partial charge in [-0.3, -0.25) is 0 Å². The summed E-state index contributed by atoms with van der Waals surface area (Å²) in [5.74, 6) is 0.405. The third-order valence-corrected chi connectivity index (χ3v) is 4.29. The van der Waals surface area contributed by atoms with E-state index in [4.69, 9.17) is 56.9 Å². The normalized spacial score (nSPS) is 11.2. The number of halogens is 4. The van der Waals surface area contributed by atoms with Gasteiger partial charge in [-0.25, -0.2) is 0 Å². The molecule has 0 saturated heterocycles. The van der Waals surface area contributed by atoms with Crippen molar-refractivity contribution in [1.29, 1.82) is 0 Å². The molecule has 0 atom stereocenters. The van der Waals surface area contributed by atoms with Crippen molar-refractivity contribution >= 4 is 58.6 Å². The summed E-state index contributed by atoms with van der Waals surface area (Å²) in [5, 5.41) is 16.4. The van der Waals surface area contributed by atoms with Gasteiger partial charge in [0.05, 0.1) is 11.2 Å². The summed E-state index contributed by atoms with van der Waals surface area (Å²) in [6.45, 7) is 0.172. The van der Waals surface area contributed by atoms with E-state index in [0.29, 0.717) is 31.4 Å². The van der Waals surface area contributed by atoms with Crippen molar-refractivity contribution in [2.24, 2.45) is 5.10 Å². The van der Waals surface area contributed by atoms with Gasteiger partial charge in [0.1, 0.15) is 12.4 Å². The molecule has 0 unspecified atom stereocenters. The van der Waals surface area contributed by atoms with Crippen LogP contribution < -0.4 is 10.5 Å². The first-order chi connectivity index (χ1) is 12.4. The highest BCUT2D eigenvalue weighted by atomic mass is 35.5. The Hall–Kier alpha value is -2.06. The van der Waals surface area contributed by atoms with Crippen molar-refractivity contribution in [2.45, 2.75) is 6.61 Å². The molecule has 0 spiro atoms. The minimum Gasteiger partial charge on any atom is -0.487 e. The number of anilines is 1. The Bertz CT molecular complexity index is 975. The fourth-order valence-corrected chi connectivity index (χ4v) is 3.03. The van der Waals surface area contributed by atoms with Crippen molar-refractivity contribution in [1.82, 2.24) is 20.3 Å². The highest BCUT2D eigenvalue weighted by Gasteiger charge is 2.12. The van der Waals surface area contributed by atoms with Gasteiger partial charge in [0.2, 0.25) is 0 Å². The minimum absolute atomic E-state index is 0.0322. The van der Waals surface area contributed by atoms with E-state index in [1.54, 1.807) is 30.3 Å². The summed E-state index contributed by atoms with van der Waals surface area (Å²) >= 11 is 24.4. The molecule has 134 valence electrons. The van der Waals surface area contributed by atoms with Crippen LogP contribution in [0, 0.1) is 0 Å². The predicted molar refractivity (Wildman–Crippen MR) is 102 cm³/mol. The Kier molecular flexibility index (Phi) is 5.83. The maximum atomic E-state index is 6.26. The van der Waals surface area contributed by atoms with Gasteiger partial charge in [-0.1, -0.05) is 62.4 Å². The van der Waals surface area contributed by atoms with E-state index in [1.165, 1.54) is 6.21 Å². The van der Waals surface area contributed by atoms with Crippen LogP contribution in [0.2, 0.25) is 20.1 Å². The Labute approximate surface area is 168 Å². The number of hydrogen-bond donors (Lipinski definition) is 1. The van der Waals surface area contributed by atoms with Crippen LogP contribution in [-0.2, 0) is 6.61 Å². The molecule has 2 N–H and O–H groups in total. The number of nitrogens with two attached hydrogens (primary N) is 1. The van der Waals surface area contributed by atoms with Gasteiger partial charge in [0, 0.05) is 26.2 Å². The molecule has 1 aromatic heterocycles. The van der Waals surface area contributed by atoms with Gasteiger partial charge < -0.3 is 10.5 Å². The minimum atomic E-state index is 0.0322. The second-order valence-electron chi connectivity index (χ2n) is 5.00. The molecule has 3 aromatic rings. The SMILES string of the molecule is Nc1nnnn1N=Cc1cc(Cl)cc(Cl)c1OCc1ccc(Cl)cc1Cl. The fraction of sp³-hybridized carbons (Fsp3) is 0.0667. The summed E-state index contributed by atoms with van der Waals surface area (Å²) < 4.78 is 5.83. The number of rotatable bonds is 5. The van der Waals surface area contributed by atoms with Crippen LogP contribution in [0.25, 0.3) is 0 Å². The van der Waals surface area contributed by atoms with Gasteiger partial charge >= 0.3 is 0 Å². The van der Waals surface area contributed by atoms with Crippen LogP contribution in [-0.4, -0.2) is 26.5 Å². The zero-order valence-corrected chi connectivity index (χ0v) is 15.9. The van der Waals surface area contributed by atoms with E-state index in [1.807, 2.05) is 0 Å². The molecule has 26 heavy (non-hydrogen) atoms. The monoisotopic (exact) mass is 430 g/mol. The number of benzene rings is 2. The maximum Gasteiger partial charge on any atom is 0.263 e. The molecule has 0 aliphatic heterocycles. The summed E-state index contributed by atoms with van der Waals surface area (Å²) in [7, 11) is 0. The first-order valence-electron chi connectivity index (χ1n) is 7.08. The maximum absolute atomic E-state index is 6.26. The van der Waals surface area contributed by atoms with Crippen LogP contribution in [0.15, 0.2) is 35.4 Å². The van der Waals surface area contributed by atoms with Gasteiger partial charge in [-0.05, 0) is 34.7 Å². The Balaban J connectivity index is 1.88. The van der Waals surface area contributed by atoms with Crippen LogP contribution in [0.3, 0.4) is 0 Å². The Morgan fingerprint density at radius 1 is 1.08 bits per heavy atom. The van der Waals surface area contributed by atoms with Gasteiger partial charge in [0.25, 0.3) is 5.95 Å². The van der Waals surface area contributed by atoms with Gasteiger partial charge in [0.15, 0.2) is 0 Å². The summed E-state index contributed by atoms with van der Waals surface area (Å²) in [6, 6.07) is 8.32. The molecule has 1 heterocycles. The lowest BCUT2D eigenvalue weighted by Crippen LogP contribution is -2.02. The molecule has 2 aromatic carbocycles. The lowest BCUT2D eigenvalue weighted by molar-refractivity contribution is 0.306. The van der Waals surface area contributed by atoms with Crippen LogP contribution >= 0.6 is 46.4 Å². The smallest absolute Gasteiger partial charge is 0.263 e. The first kappa shape index (κ1) is 18.7. The predicted octanol–water partition coefficient (Wildman–Crippen LogP) is 4.33. The second kappa shape index (κ2) is 8.09. The number of nitrogen functional groups attached to an aromatic ring is 1. The standard InChI is InChI=1S/C15H10Cl4N6O/c16-10-2-1-8(12(18)4-10)7-26-14-9(3-11(17)5-13(14)19)6-21-25-15(20)22-23-24-25/h1-6H,7H2,(H2,20,22,24). The van der Waals surface area contributed by atoms with Gasteiger partial charge in [-0.2, -0.15) is 5.10 Å². The lowest BCUT2D eigenvalue weighted by Gasteiger charge is -2.12. The molecule has 0 aliphatic rings. The van der Waals surface area contributed by atoms with E-state index < -0.39 is 0 Å². The molecule has 0 fully saturated rings. The van der Waals surface area contributed by atoms with E-state index in [-0.39, 0.29) is 12.6 Å². The third kappa shape index (κ3) is 4.37. The van der Waals surface area contributed by atoms with Crippen molar-refractivity contribution in [3.8, 4) is 5.75 Å². The second-order valence-corrected chi connectivity index (χ2v) is 6.69. The third-order valence-electron chi connectivity index (χ3n) is 3.21. The number of aromatic nitrogens is 4. The molecule has 7 nitrogen and oxygen atoms in total. The number of hydrogen-bond acceptors (Lipinski definition) is 6. The highest BCUT2D eigenvalue weighted by Crippen LogP contribution is 2.33. The van der Waals surface area contributed by atoms with Crippen molar-refractivity contribution in [3.63, 3.8) is 0 Å². The van der Waals surface area contributed by atoms with Gasteiger partial charge in [-0.15, -0.1) is 0 Å². The summed E-state index contributed by atoms with van der Waals surface area (Å²) in [5.41, 5.74) is 6.83. The molecular formula is C15H10Cl4N6O. The van der Waals surface area contributed by atoms with Crippen molar-refractivity contribution in [2.75, 3.05) is 5.73 Å². The molecule has 0 bridgehead atoms. The number of ether oxygens (including phenoxy) is 1. The quantitative estimate of drug-likeness (QED) is 0.607. The van der Waals surface area contributed by atoms with E-state index in [0.717, 1.165) is 10.4 Å². The zero-order chi connectivity index (χ0) is 18.7. The van der Waals surface area contributed by atoms with Crippen molar-refractivity contribution in [3.05, 3.63) is 61.5 Å². The first-order valence-corrected chi connectivity index (χ1v) is 8.59. The molecule has 0 aliphatic carbocycles. The zero-order valence-electron chi connectivity index (χ0n) is 12.9. The van der Waals surface area contributed by atoms with Crippen LogP contribution in [0.5, 0.6) is 5.75 Å². The average molecular weight is 432 g/mol. The summed E-state index contributed by atoms with van der Waals surface area (Å²) in [6.07, 6.45) is 1.43. The van der Waals surface area contributed by atoms with E-state index in [9.17, 15) is 0 Å². The number of nitrogens with zero attached hydrogens (tertiary/aromatic N) is 5. The Morgan fingerprint density at radius 2 is 1.85 bits per heavy atom.